The Morgan fingerprint density at radius 3 is 2.45 bits per heavy atom. The van der Waals surface area contributed by atoms with E-state index in [4.69, 9.17) is 9.72 Å². The van der Waals surface area contributed by atoms with Gasteiger partial charge in [-0.15, -0.1) is 0 Å². The average molecular weight is 445 g/mol. The lowest BCUT2D eigenvalue weighted by atomic mass is 9.93. The van der Waals surface area contributed by atoms with Gasteiger partial charge in [0.25, 0.3) is 0 Å². The fraction of sp³-hybridized carbons (Fsp3) is 0.773. The summed E-state index contributed by atoms with van der Waals surface area (Å²) in [6.45, 7) is 5.99. The van der Waals surface area contributed by atoms with Gasteiger partial charge in [-0.3, -0.25) is 0 Å². The third-order valence-corrected chi connectivity index (χ3v) is 8.65. The van der Waals surface area contributed by atoms with Crippen LogP contribution in [0.25, 0.3) is 11.2 Å². The van der Waals surface area contributed by atoms with Gasteiger partial charge in [0, 0.05) is 31.2 Å². The molecule has 0 amide bonds. The van der Waals surface area contributed by atoms with Gasteiger partial charge < -0.3 is 19.3 Å². The van der Waals surface area contributed by atoms with Crippen molar-refractivity contribution in [1.29, 1.82) is 0 Å². The van der Waals surface area contributed by atoms with Crippen molar-refractivity contribution >= 4 is 28.7 Å². The topological polar surface area (TPSA) is 79.5 Å². The second-order valence-corrected chi connectivity index (χ2v) is 10.8. The molecule has 0 aromatic carbocycles. The van der Waals surface area contributed by atoms with E-state index in [-0.39, 0.29) is 17.7 Å². The second-order valence-electron chi connectivity index (χ2n) is 10.0. The first-order valence-electron chi connectivity index (χ1n) is 11.6. The average Bonchev–Trinajstić information content (AvgIpc) is 3.00. The van der Waals surface area contributed by atoms with E-state index in [0.29, 0.717) is 12.0 Å². The molecule has 5 unspecified atom stereocenters. The van der Waals surface area contributed by atoms with Crippen molar-refractivity contribution in [1.82, 2.24) is 24.4 Å². The molecule has 31 heavy (non-hydrogen) atoms. The second kappa shape index (κ2) is 7.30. The van der Waals surface area contributed by atoms with Gasteiger partial charge in [0.2, 0.25) is 6.41 Å². The summed E-state index contributed by atoms with van der Waals surface area (Å²) in [4.78, 5) is 18.9. The van der Waals surface area contributed by atoms with E-state index >= 15 is 0 Å². The highest BCUT2D eigenvalue weighted by Gasteiger charge is 2.52. The summed E-state index contributed by atoms with van der Waals surface area (Å²) in [7, 11) is 0. The molecule has 0 spiro atoms. The van der Waals surface area contributed by atoms with Gasteiger partial charge in [-0.1, -0.05) is 18.7 Å². The van der Waals surface area contributed by atoms with Crippen LogP contribution in [0.2, 0.25) is 0 Å². The molecule has 168 valence electrons. The quantitative estimate of drug-likeness (QED) is 0.414. The molecule has 5 atom stereocenters. The lowest BCUT2D eigenvalue weighted by Gasteiger charge is -2.44. The van der Waals surface area contributed by atoms with Crippen molar-refractivity contribution in [3.05, 3.63) is 6.33 Å². The Balaban J connectivity index is 1.29. The van der Waals surface area contributed by atoms with Gasteiger partial charge in [-0.25, -0.2) is 19.9 Å². The van der Waals surface area contributed by atoms with Crippen LogP contribution in [0.5, 0.6) is 0 Å². The molecule has 2 saturated heterocycles. The largest absolute Gasteiger partial charge is 0.356 e. The summed E-state index contributed by atoms with van der Waals surface area (Å²) in [5.74, 6) is 1.53. The minimum atomic E-state index is -0.817. The maximum absolute atomic E-state index is 10.9. The number of thioether (sulfide) groups is 1. The number of aliphatic hydroxyl groups is 1. The van der Waals surface area contributed by atoms with E-state index in [1.807, 2.05) is 12.6 Å². The summed E-state index contributed by atoms with van der Waals surface area (Å²) in [6, 6.07) is 1.06. The van der Waals surface area contributed by atoms with E-state index in [0.717, 1.165) is 54.5 Å². The zero-order chi connectivity index (χ0) is 21.3. The Morgan fingerprint density at radius 2 is 1.87 bits per heavy atom. The van der Waals surface area contributed by atoms with Crippen molar-refractivity contribution in [3.63, 3.8) is 0 Å². The fourth-order valence-electron chi connectivity index (χ4n) is 5.65. The summed E-state index contributed by atoms with van der Waals surface area (Å²) in [6.07, 6.45) is 10.0. The highest BCUT2D eigenvalue weighted by molar-refractivity contribution is 7.98. The standard InChI is InChI=1S/C22H32N6O2S/c1-13-9-22(13,2)30-21(29)28-15-7-8-16(28)11-26(10-15)19-17-18(24-20(25-19)31-3)23-12-27(17)14-5-4-6-14/h12-16,21,29H,4-11H2,1-3H3. The minimum Gasteiger partial charge on any atom is -0.356 e. The number of anilines is 1. The van der Waals surface area contributed by atoms with Crippen LogP contribution >= 0.6 is 11.8 Å². The number of hydrogen-bond acceptors (Lipinski definition) is 8. The highest BCUT2D eigenvalue weighted by Crippen LogP contribution is 2.48. The Labute approximate surface area is 187 Å². The van der Waals surface area contributed by atoms with Gasteiger partial charge in [0.05, 0.1) is 11.9 Å². The molecule has 2 aliphatic heterocycles. The first-order valence-corrected chi connectivity index (χ1v) is 12.9. The third-order valence-electron chi connectivity index (χ3n) is 8.10. The van der Waals surface area contributed by atoms with Crippen LogP contribution in [-0.4, -0.2) is 73.0 Å². The maximum Gasteiger partial charge on any atom is 0.217 e. The summed E-state index contributed by atoms with van der Waals surface area (Å²) in [5.41, 5.74) is 1.71. The number of aliphatic hydroxyl groups excluding tert-OH is 1. The predicted molar refractivity (Wildman–Crippen MR) is 120 cm³/mol. The summed E-state index contributed by atoms with van der Waals surface area (Å²) in [5, 5.41) is 11.7. The Kier molecular flexibility index (Phi) is 4.76. The van der Waals surface area contributed by atoms with Crippen molar-refractivity contribution in [2.75, 3.05) is 24.2 Å². The van der Waals surface area contributed by atoms with Gasteiger partial charge in [0.15, 0.2) is 16.6 Å². The van der Waals surface area contributed by atoms with Crippen LogP contribution < -0.4 is 4.90 Å². The molecule has 2 aromatic rings. The SMILES string of the molecule is CSc1nc(N2CC3CCC(C2)N3C(O)OC2(C)CC2C)c2c(ncn2C2CCC2)n1. The Bertz CT molecular complexity index is 982. The molecule has 4 aliphatic rings. The number of hydrogen-bond donors (Lipinski definition) is 1. The highest BCUT2D eigenvalue weighted by atomic mass is 32.2. The van der Waals surface area contributed by atoms with Crippen LogP contribution in [0.4, 0.5) is 5.82 Å². The van der Waals surface area contributed by atoms with Crippen molar-refractivity contribution in [2.45, 2.75) is 87.7 Å². The zero-order valence-corrected chi connectivity index (χ0v) is 19.4. The molecule has 2 saturated carbocycles. The smallest absolute Gasteiger partial charge is 0.217 e. The monoisotopic (exact) mass is 444 g/mol. The van der Waals surface area contributed by atoms with Crippen LogP contribution in [-0.2, 0) is 4.74 Å². The first kappa shape index (κ1) is 20.2. The van der Waals surface area contributed by atoms with Crippen molar-refractivity contribution < 1.29 is 9.84 Å². The van der Waals surface area contributed by atoms with Gasteiger partial charge in [-0.2, -0.15) is 0 Å². The number of rotatable bonds is 6. The van der Waals surface area contributed by atoms with E-state index in [1.54, 1.807) is 11.8 Å². The van der Waals surface area contributed by atoms with Gasteiger partial charge in [0.1, 0.15) is 5.52 Å². The van der Waals surface area contributed by atoms with E-state index in [2.05, 4.69) is 38.2 Å². The lowest BCUT2D eigenvalue weighted by Crippen LogP contribution is -2.58. The number of nitrogens with zero attached hydrogens (tertiary/aromatic N) is 6. The third kappa shape index (κ3) is 3.27. The fourth-order valence-corrected chi connectivity index (χ4v) is 6.00. The molecule has 2 bridgehead atoms. The maximum atomic E-state index is 10.9. The van der Waals surface area contributed by atoms with Crippen molar-refractivity contribution in [2.24, 2.45) is 5.92 Å². The minimum absolute atomic E-state index is 0.169. The molecule has 4 fully saturated rings. The Morgan fingerprint density at radius 1 is 1.16 bits per heavy atom. The van der Waals surface area contributed by atoms with E-state index < -0.39 is 6.41 Å². The number of imidazole rings is 1. The molecule has 9 heteroatoms. The van der Waals surface area contributed by atoms with Crippen LogP contribution in [0.3, 0.4) is 0 Å². The molecule has 1 N–H and O–H groups in total. The van der Waals surface area contributed by atoms with E-state index in [1.165, 1.54) is 19.3 Å². The number of ether oxygens (including phenoxy) is 1. The molecule has 0 radical (unpaired) electrons. The first-order chi connectivity index (χ1) is 15.0. The zero-order valence-electron chi connectivity index (χ0n) is 18.6. The normalized spacial score (nSPS) is 34.3. The predicted octanol–water partition coefficient (Wildman–Crippen LogP) is 3.02. The molecule has 4 heterocycles. The van der Waals surface area contributed by atoms with E-state index in [9.17, 15) is 5.11 Å². The number of piperazine rings is 1. The lowest BCUT2D eigenvalue weighted by molar-refractivity contribution is -0.240. The number of aromatic nitrogens is 4. The molecular formula is C22H32N6O2S. The molecular weight excluding hydrogens is 412 g/mol. The molecule has 2 aliphatic carbocycles. The number of fused-ring (bicyclic) bond motifs is 3. The molecule has 8 nitrogen and oxygen atoms in total. The summed E-state index contributed by atoms with van der Waals surface area (Å²) < 4.78 is 8.41. The van der Waals surface area contributed by atoms with Crippen molar-refractivity contribution in [3.8, 4) is 0 Å². The van der Waals surface area contributed by atoms with Crippen LogP contribution in [0, 0.1) is 5.92 Å². The van der Waals surface area contributed by atoms with Crippen LogP contribution in [0.1, 0.15) is 58.4 Å². The van der Waals surface area contributed by atoms with Gasteiger partial charge >= 0.3 is 0 Å². The Hall–Kier alpha value is -1.42. The molecule has 2 aromatic heterocycles. The summed E-state index contributed by atoms with van der Waals surface area (Å²) >= 11 is 1.57. The van der Waals surface area contributed by atoms with Crippen LogP contribution in [0.15, 0.2) is 11.5 Å². The van der Waals surface area contributed by atoms with Gasteiger partial charge in [-0.05, 0) is 57.6 Å². The molecule has 6 rings (SSSR count).